The van der Waals surface area contributed by atoms with Gasteiger partial charge in [-0.2, -0.15) is 0 Å². The van der Waals surface area contributed by atoms with E-state index >= 15 is 4.39 Å². The second-order valence-corrected chi connectivity index (χ2v) is 10.6. The van der Waals surface area contributed by atoms with E-state index in [2.05, 4.69) is 15.6 Å². The van der Waals surface area contributed by atoms with Crippen molar-refractivity contribution in [1.29, 1.82) is 0 Å². The number of para-hydroxylation sites is 2. The molecule has 0 saturated carbocycles. The van der Waals surface area contributed by atoms with Crippen LogP contribution in [0.3, 0.4) is 0 Å². The first-order valence-corrected chi connectivity index (χ1v) is 14.0. The summed E-state index contributed by atoms with van der Waals surface area (Å²) in [5.41, 5.74) is 0.945. The van der Waals surface area contributed by atoms with Gasteiger partial charge in [0.1, 0.15) is 29.0 Å². The summed E-state index contributed by atoms with van der Waals surface area (Å²) < 4.78 is 58.8. The predicted molar refractivity (Wildman–Crippen MR) is 164 cm³/mol. The molecule has 2 heterocycles. The monoisotopic (exact) mass is 614 g/mol. The normalized spacial score (nSPS) is 12.0. The van der Waals surface area contributed by atoms with Crippen LogP contribution in [0, 0.1) is 23.3 Å². The van der Waals surface area contributed by atoms with E-state index in [1.807, 2.05) is 0 Å². The van der Waals surface area contributed by atoms with Crippen molar-refractivity contribution in [3.63, 3.8) is 0 Å². The number of carbonyl (C=O) groups is 1. The van der Waals surface area contributed by atoms with Crippen LogP contribution in [-0.4, -0.2) is 27.2 Å². The van der Waals surface area contributed by atoms with Crippen molar-refractivity contribution in [2.45, 2.75) is 12.3 Å². The molecule has 0 fully saturated rings. The second-order valence-electron chi connectivity index (χ2n) is 10.6. The Morgan fingerprint density at radius 1 is 0.889 bits per heavy atom. The number of aromatic hydroxyl groups is 1. The molecule has 0 aliphatic heterocycles. The summed E-state index contributed by atoms with van der Waals surface area (Å²) in [7, 11) is 1.53. The predicted octanol–water partition coefficient (Wildman–Crippen LogP) is 6.83. The Hall–Kier alpha value is -5.58. The maximum Gasteiger partial charge on any atom is 0.319 e. The van der Waals surface area contributed by atoms with E-state index in [0.717, 1.165) is 30.3 Å². The van der Waals surface area contributed by atoms with Gasteiger partial charge in [0.05, 0.1) is 17.0 Å². The number of pyridine rings is 1. The lowest BCUT2D eigenvalue weighted by atomic mass is 9.84. The van der Waals surface area contributed by atoms with E-state index in [1.165, 1.54) is 11.6 Å². The summed E-state index contributed by atoms with van der Waals surface area (Å²) in [4.78, 5) is 29.7. The van der Waals surface area contributed by atoms with Gasteiger partial charge in [-0.05, 0) is 60.5 Å². The number of hydrogen-bond acceptors (Lipinski definition) is 3. The molecule has 4 N–H and O–H groups in total. The molecule has 0 saturated heterocycles. The van der Waals surface area contributed by atoms with Gasteiger partial charge in [0.15, 0.2) is 0 Å². The first-order chi connectivity index (χ1) is 21.6. The summed E-state index contributed by atoms with van der Waals surface area (Å²) >= 11 is 0. The van der Waals surface area contributed by atoms with Gasteiger partial charge < -0.3 is 25.3 Å². The lowest BCUT2D eigenvalue weighted by molar-refractivity contribution is 0.252. The molecule has 1 atom stereocenters. The zero-order valence-corrected chi connectivity index (χ0v) is 23.8. The maximum atomic E-state index is 15.6. The molecule has 45 heavy (non-hydrogen) atoms. The highest BCUT2D eigenvalue weighted by Crippen LogP contribution is 2.42. The van der Waals surface area contributed by atoms with Crippen LogP contribution < -0.4 is 16.2 Å². The summed E-state index contributed by atoms with van der Waals surface area (Å²) in [6, 6.07) is 18.7. The van der Waals surface area contributed by atoms with Gasteiger partial charge in [0.2, 0.25) is 0 Å². The third-order valence-electron chi connectivity index (χ3n) is 7.78. The van der Waals surface area contributed by atoms with E-state index in [9.17, 15) is 27.9 Å². The number of halogens is 4. The summed E-state index contributed by atoms with van der Waals surface area (Å²) in [5.74, 6) is -4.89. The van der Waals surface area contributed by atoms with E-state index < -0.39 is 40.8 Å². The zero-order valence-electron chi connectivity index (χ0n) is 23.8. The molecule has 0 aliphatic rings. The van der Waals surface area contributed by atoms with E-state index in [1.54, 1.807) is 48.5 Å². The van der Waals surface area contributed by atoms with Crippen LogP contribution in [0.15, 0.2) is 89.7 Å². The van der Waals surface area contributed by atoms with Gasteiger partial charge in [-0.15, -0.1) is 0 Å². The van der Waals surface area contributed by atoms with Crippen LogP contribution in [0.4, 0.5) is 28.0 Å². The molecule has 0 radical (unpaired) electrons. The molecule has 6 aromatic rings. The van der Waals surface area contributed by atoms with Crippen LogP contribution in [-0.2, 0) is 13.5 Å². The Morgan fingerprint density at radius 3 is 2.33 bits per heavy atom. The minimum atomic E-state index is -1.28. The lowest BCUT2D eigenvalue weighted by Gasteiger charge is -2.22. The van der Waals surface area contributed by atoms with Crippen LogP contribution >= 0.6 is 0 Å². The fourth-order valence-electron chi connectivity index (χ4n) is 5.79. The molecule has 0 spiro atoms. The molecular formula is C34H26F4N4O3. The average molecular weight is 615 g/mol. The number of fused-ring (bicyclic) bond motifs is 2. The van der Waals surface area contributed by atoms with E-state index in [-0.39, 0.29) is 35.5 Å². The quantitative estimate of drug-likeness (QED) is 0.149. The molecule has 7 nitrogen and oxygen atoms in total. The van der Waals surface area contributed by atoms with E-state index in [0.29, 0.717) is 39.1 Å². The highest BCUT2D eigenvalue weighted by atomic mass is 19.1. The van der Waals surface area contributed by atoms with E-state index in [4.69, 9.17) is 0 Å². The Labute approximate surface area is 253 Å². The van der Waals surface area contributed by atoms with Crippen LogP contribution in [0.5, 0.6) is 5.75 Å². The van der Waals surface area contributed by atoms with Gasteiger partial charge in [-0.3, -0.25) is 4.79 Å². The van der Waals surface area contributed by atoms with Gasteiger partial charge in [-0.25, -0.2) is 22.4 Å². The number of nitrogens with zero attached hydrogens (tertiary/aromatic N) is 1. The smallest absolute Gasteiger partial charge is 0.319 e. The average Bonchev–Trinajstić information content (AvgIpc) is 3.37. The molecule has 1 unspecified atom stereocenters. The highest BCUT2D eigenvalue weighted by Gasteiger charge is 2.32. The maximum absolute atomic E-state index is 15.6. The zero-order chi connectivity index (χ0) is 31.8. The fourth-order valence-corrected chi connectivity index (χ4v) is 5.79. The molecule has 0 aliphatic carbocycles. The Kier molecular flexibility index (Phi) is 7.76. The number of aromatic nitrogens is 2. The first kappa shape index (κ1) is 29.5. The number of anilines is 1. The number of amides is 2. The second kappa shape index (κ2) is 11.8. The number of benzene rings is 4. The number of aromatic amines is 1. The molecule has 2 aromatic heterocycles. The van der Waals surface area contributed by atoms with Crippen LogP contribution in [0.25, 0.3) is 21.8 Å². The molecule has 0 bridgehead atoms. The van der Waals surface area contributed by atoms with Crippen molar-refractivity contribution < 1.29 is 27.5 Å². The topological polar surface area (TPSA) is 99.2 Å². The van der Waals surface area contributed by atoms with Crippen molar-refractivity contribution in [3.8, 4) is 5.75 Å². The largest absolute Gasteiger partial charge is 0.507 e. The molecule has 2 amide bonds. The summed E-state index contributed by atoms with van der Waals surface area (Å²) in [6.45, 7) is 0.0124. The minimum Gasteiger partial charge on any atom is -0.507 e. The fraction of sp³-hybridized carbons (Fsp3) is 0.118. The number of carbonyl (C=O) groups excluding carboxylic acids is 1. The first-order valence-electron chi connectivity index (χ1n) is 14.0. The summed E-state index contributed by atoms with van der Waals surface area (Å²) in [6.07, 6.45) is 0.145. The summed E-state index contributed by atoms with van der Waals surface area (Å²) in [5, 5.41) is 17.6. The Morgan fingerprint density at radius 2 is 1.58 bits per heavy atom. The molecule has 6 rings (SSSR count). The lowest BCUT2D eigenvalue weighted by Crippen LogP contribution is -2.31. The number of urea groups is 1. The van der Waals surface area contributed by atoms with Gasteiger partial charge in [0, 0.05) is 52.9 Å². The number of H-pyrrole nitrogens is 1. The SMILES string of the molecule is Cn1c(=O)c(C(c2cc(F)ccc2F)c2[nH]c3ccccc3c2CCNC(=O)Nc2cc(F)cc(F)c2)c(O)c2ccccc21. The van der Waals surface area contributed by atoms with Crippen LogP contribution in [0.1, 0.15) is 28.3 Å². The van der Waals surface area contributed by atoms with Gasteiger partial charge in [-0.1, -0.05) is 30.3 Å². The molecule has 4 aromatic carbocycles. The standard InChI is InChI=1S/C34H26F4N4O3/c1-42-28-9-5-3-7-24(28)32(43)30(33(42)44)29(25-17-18(35)10-11-26(25)38)31-23(22-6-2-4-8-27(22)41-31)12-13-39-34(45)40-21-15-19(36)14-20(37)16-21/h2-11,14-17,29,41,43H,12-13H2,1H3,(H2,39,40,45). The number of hydrogen-bond donors (Lipinski definition) is 4. The third-order valence-corrected chi connectivity index (χ3v) is 7.78. The Balaban J connectivity index is 1.47. The van der Waals surface area contributed by atoms with Crippen molar-refractivity contribution in [2.75, 3.05) is 11.9 Å². The highest BCUT2D eigenvalue weighted by molar-refractivity contribution is 5.90. The number of aryl methyl sites for hydroxylation is 1. The number of nitrogens with one attached hydrogen (secondary N) is 3. The molecule has 11 heteroatoms. The number of rotatable bonds is 7. The van der Waals surface area contributed by atoms with Gasteiger partial charge >= 0.3 is 6.03 Å². The van der Waals surface area contributed by atoms with Crippen molar-refractivity contribution >= 4 is 33.5 Å². The minimum absolute atomic E-state index is 0.0124. The van der Waals surface area contributed by atoms with Crippen molar-refractivity contribution in [1.82, 2.24) is 14.9 Å². The van der Waals surface area contributed by atoms with Crippen LogP contribution in [0.2, 0.25) is 0 Å². The van der Waals surface area contributed by atoms with Crippen molar-refractivity contribution in [2.24, 2.45) is 7.05 Å². The Bertz CT molecular complexity index is 2140. The third kappa shape index (κ3) is 5.60. The molecular weight excluding hydrogens is 588 g/mol. The van der Waals surface area contributed by atoms with Gasteiger partial charge in [0.25, 0.3) is 5.56 Å². The van der Waals surface area contributed by atoms with Crippen molar-refractivity contribution in [3.05, 3.63) is 141 Å². The molecule has 228 valence electrons.